The van der Waals surface area contributed by atoms with E-state index in [1.54, 1.807) is 6.92 Å². The van der Waals surface area contributed by atoms with Gasteiger partial charge in [-0.25, -0.2) is 8.42 Å². The fourth-order valence-corrected chi connectivity index (χ4v) is 3.16. The van der Waals surface area contributed by atoms with Gasteiger partial charge >= 0.3 is 0 Å². The summed E-state index contributed by atoms with van der Waals surface area (Å²) in [5.41, 5.74) is 1.03. The summed E-state index contributed by atoms with van der Waals surface area (Å²) in [6, 6.07) is 7.60. The zero-order valence-corrected chi connectivity index (χ0v) is 12.7. The predicted octanol–water partition coefficient (Wildman–Crippen LogP) is 3.56. The molecule has 0 aromatic heterocycles. The first kappa shape index (κ1) is 15.8. The molecule has 0 spiro atoms. The molecule has 5 heteroatoms. The van der Waals surface area contributed by atoms with Crippen molar-refractivity contribution in [3.63, 3.8) is 0 Å². The molecule has 0 saturated carbocycles. The first-order chi connectivity index (χ1) is 8.48. The summed E-state index contributed by atoms with van der Waals surface area (Å²) in [5, 5.41) is 0.714. The molecule has 0 amide bonds. The second-order valence-corrected chi connectivity index (χ2v) is 7.53. The summed E-state index contributed by atoms with van der Waals surface area (Å²) in [7, 11) is -2.92. The first-order valence-corrected chi connectivity index (χ1v) is 8.71. The fraction of sp³-hybridized carbons (Fsp3) is 0.538. The summed E-state index contributed by atoms with van der Waals surface area (Å²) < 4.78 is 22.9. The number of alkyl halides is 1. The minimum absolute atomic E-state index is 0.146. The lowest BCUT2D eigenvalue weighted by molar-refractivity contribution is 0.548. The standard InChI is InChI=1S/C13H18Cl2O2S/c1-2-18(16,17)8-7-11(10-14)9-12-5-3-4-6-13(12)15/h3-6,11H,2,7-10H2,1H3. The van der Waals surface area contributed by atoms with E-state index in [1.165, 1.54) is 0 Å². The van der Waals surface area contributed by atoms with Crippen molar-refractivity contribution < 1.29 is 8.42 Å². The van der Waals surface area contributed by atoms with Gasteiger partial charge in [0.2, 0.25) is 0 Å². The Morgan fingerprint density at radius 1 is 1.28 bits per heavy atom. The van der Waals surface area contributed by atoms with Crippen LogP contribution in [0.3, 0.4) is 0 Å². The van der Waals surface area contributed by atoms with Gasteiger partial charge < -0.3 is 0 Å². The third-order valence-corrected chi connectivity index (χ3v) is 5.50. The molecule has 0 N–H and O–H groups in total. The summed E-state index contributed by atoms with van der Waals surface area (Å²) >= 11 is 12.0. The molecule has 2 nitrogen and oxygen atoms in total. The molecule has 102 valence electrons. The van der Waals surface area contributed by atoms with E-state index >= 15 is 0 Å². The number of sulfone groups is 1. The molecule has 1 rings (SSSR count). The summed E-state index contributed by atoms with van der Waals surface area (Å²) in [6.07, 6.45) is 1.31. The molecular weight excluding hydrogens is 291 g/mol. The van der Waals surface area contributed by atoms with Crippen molar-refractivity contribution in [1.82, 2.24) is 0 Å². The largest absolute Gasteiger partial charge is 0.229 e. The zero-order valence-electron chi connectivity index (χ0n) is 10.4. The normalized spacial score (nSPS) is 13.5. The highest BCUT2D eigenvalue weighted by atomic mass is 35.5. The maximum Gasteiger partial charge on any atom is 0.150 e. The number of rotatable bonds is 7. The van der Waals surface area contributed by atoms with E-state index in [-0.39, 0.29) is 17.4 Å². The van der Waals surface area contributed by atoms with Gasteiger partial charge in [0.1, 0.15) is 9.84 Å². The highest BCUT2D eigenvalue weighted by molar-refractivity contribution is 7.91. The number of hydrogen-bond acceptors (Lipinski definition) is 2. The summed E-state index contributed by atoms with van der Waals surface area (Å²) in [5.74, 6) is 0.983. The van der Waals surface area contributed by atoms with Gasteiger partial charge in [0, 0.05) is 16.7 Å². The van der Waals surface area contributed by atoms with Crippen LogP contribution in [0.25, 0.3) is 0 Å². The molecule has 0 aliphatic heterocycles. The Bertz CT molecular complexity index is 472. The number of halogens is 2. The minimum Gasteiger partial charge on any atom is -0.229 e. The minimum atomic E-state index is -2.92. The van der Waals surface area contributed by atoms with Crippen molar-refractivity contribution in [3.05, 3.63) is 34.9 Å². The monoisotopic (exact) mass is 308 g/mol. The van der Waals surface area contributed by atoms with Crippen LogP contribution in [0.2, 0.25) is 5.02 Å². The molecule has 0 radical (unpaired) electrons. The van der Waals surface area contributed by atoms with E-state index in [1.807, 2.05) is 24.3 Å². The van der Waals surface area contributed by atoms with Crippen molar-refractivity contribution in [2.45, 2.75) is 19.8 Å². The highest BCUT2D eigenvalue weighted by Crippen LogP contribution is 2.21. The van der Waals surface area contributed by atoms with E-state index in [0.717, 1.165) is 12.0 Å². The van der Waals surface area contributed by atoms with Crippen molar-refractivity contribution in [2.24, 2.45) is 5.92 Å². The van der Waals surface area contributed by atoms with Gasteiger partial charge in [-0.1, -0.05) is 36.7 Å². The van der Waals surface area contributed by atoms with Crippen LogP contribution in [0.5, 0.6) is 0 Å². The maximum atomic E-state index is 11.5. The molecule has 1 aromatic rings. The second kappa shape index (κ2) is 7.37. The average Bonchev–Trinajstić information content (AvgIpc) is 2.36. The smallest absolute Gasteiger partial charge is 0.150 e. The molecule has 0 heterocycles. The zero-order chi connectivity index (χ0) is 13.6. The molecule has 18 heavy (non-hydrogen) atoms. The molecular formula is C13H18Cl2O2S. The quantitative estimate of drug-likeness (QED) is 0.722. The number of benzene rings is 1. The molecule has 0 saturated heterocycles. The fourth-order valence-electron chi connectivity index (χ4n) is 1.70. The molecule has 1 atom stereocenters. The average molecular weight is 309 g/mol. The maximum absolute atomic E-state index is 11.5. The second-order valence-electron chi connectivity index (χ2n) is 4.34. The van der Waals surface area contributed by atoms with Gasteiger partial charge in [0.25, 0.3) is 0 Å². The van der Waals surface area contributed by atoms with Gasteiger partial charge in [-0.15, -0.1) is 11.6 Å². The van der Waals surface area contributed by atoms with Crippen LogP contribution in [0.15, 0.2) is 24.3 Å². The van der Waals surface area contributed by atoms with Crippen LogP contribution in [-0.2, 0) is 16.3 Å². The highest BCUT2D eigenvalue weighted by Gasteiger charge is 2.15. The molecule has 0 aliphatic carbocycles. The predicted molar refractivity (Wildman–Crippen MR) is 78.3 cm³/mol. The third kappa shape index (κ3) is 5.17. The van der Waals surface area contributed by atoms with E-state index < -0.39 is 9.84 Å². The van der Waals surface area contributed by atoms with Crippen molar-refractivity contribution in [2.75, 3.05) is 17.4 Å². The van der Waals surface area contributed by atoms with Crippen LogP contribution in [0, 0.1) is 5.92 Å². The van der Waals surface area contributed by atoms with E-state index in [0.29, 0.717) is 17.3 Å². The number of hydrogen-bond donors (Lipinski definition) is 0. The van der Waals surface area contributed by atoms with Crippen LogP contribution >= 0.6 is 23.2 Å². The van der Waals surface area contributed by atoms with E-state index in [9.17, 15) is 8.42 Å². The van der Waals surface area contributed by atoms with Gasteiger partial charge in [0.15, 0.2) is 0 Å². The van der Waals surface area contributed by atoms with Gasteiger partial charge in [-0.3, -0.25) is 0 Å². The topological polar surface area (TPSA) is 34.1 Å². The lowest BCUT2D eigenvalue weighted by Crippen LogP contribution is -2.15. The molecule has 0 fully saturated rings. The Kier molecular flexibility index (Phi) is 6.47. The summed E-state index contributed by atoms with van der Waals surface area (Å²) in [6.45, 7) is 1.67. The molecule has 0 aliphatic rings. The third-order valence-electron chi connectivity index (χ3n) is 2.96. The van der Waals surface area contributed by atoms with Crippen LogP contribution < -0.4 is 0 Å². The van der Waals surface area contributed by atoms with Crippen molar-refractivity contribution in [3.8, 4) is 0 Å². The van der Waals surface area contributed by atoms with Crippen molar-refractivity contribution >= 4 is 33.0 Å². The van der Waals surface area contributed by atoms with Crippen LogP contribution in [0.4, 0.5) is 0 Å². The van der Waals surface area contributed by atoms with Crippen LogP contribution in [-0.4, -0.2) is 25.8 Å². The Morgan fingerprint density at radius 3 is 2.50 bits per heavy atom. The molecule has 0 bridgehead atoms. The van der Waals surface area contributed by atoms with Gasteiger partial charge in [0.05, 0.1) is 5.75 Å². The van der Waals surface area contributed by atoms with Gasteiger partial charge in [-0.2, -0.15) is 0 Å². The Balaban J connectivity index is 2.61. The first-order valence-electron chi connectivity index (χ1n) is 5.98. The lowest BCUT2D eigenvalue weighted by atomic mass is 9.99. The Morgan fingerprint density at radius 2 is 1.94 bits per heavy atom. The van der Waals surface area contributed by atoms with E-state index in [4.69, 9.17) is 23.2 Å². The SMILES string of the molecule is CCS(=O)(=O)CCC(CCl)Cc1ccccc1Cl. The molecule has 1 aromatic carbocycles. The van der Waals surface area contributed by atoms with Gasteiger partial charge in [-0.05, 0) is 30.4 Å². The lowest BCUT2D eigenvalue weighted by Gasteiger charge is -2.14. The molecule has 1 unspecified atom stereocenters. The van der Waals surface area contributed by atoms with E-state index in [2.05, 4.69) is 0 Å². The Hall–Kier alpha value is -0.250. The van der Waals surface area contributed by atoms with Crippen LogP contribution in [0.1, 0.15) is 18.9 Å². The Labute approximate surface area is 119 Å². The van der Waals surface area contributed by atoms with Crippen molar-refractivity contribution in [1.29, 1.82) is 0 Å². The summed E-state index contributed by atoms with van der Waals surface area (Å²) in [4.78, 5) is 0.